The van der Waals surface area contributed by atoms with E-state index in [0.29, 0.717) is 17.1 Å². The standard InChI is InChI=1S/C13H13N3O2/c1-18-9-4-2-3-8(7-9)12-11(13(15)17)10(14)5-6-16-12/h2-7H,1H3,(H2,14,16)(H2,15,17). The first kappa shape index (κ1) is 11.9. The fraction of sp³-hybridized carbons (Fsp3) is 0.0769. The first-order chi connectivity index (χ1) is 8.63. The number of pyridine rings is 1. The second-order valence-corrected chi connectivity index (χ2v) is 3.72. The van der Waals surface area contributed by atoms with Crippen LogP contribution in [0.15, 0.2) is 36.5 Å². The van der Waals surface area contributed by atoms with Crippen molar-refractivity contribution in [2.45, 2.75) is 0 Å². The van der Waals surface area contributed by atoms with E-state index in [1.807, 2.05) is 12.1 Å². The van der Waals surface area contributed by atoms with Gasteiger partial charge in [0.2, 0.25) is 0 Å². The predicted octanol–water partition coefficient (Wildman–Crippen LogP) is 1.44. The van der Waals surface area contributed by atoms with Crippen molar-refractivity contribution >= 4 is 11.6 Å². The summed E-state index contributed by atoms with van der Waals surface area (Å²) in [7, 11) is 1.57. The van der Waals surface area contributed by atoms with E-state index in [2.05, 4.69) is 4.98 Å². The molecule has 0 fully saturated rings. The van der Waals surface area contributed by atoms with Crippen molar-refractivity contribution in [3.63, 3.8) is 0 Å². The van der Waals surface area contributed by atoms with Crippen LogP contribution in [0.1, 0.15) is 10.4 Å². The van der Waals surface area contributed by atoms with Gasteiger partial charge in [0.15, 0.2) is 0 Å². The molecule has 0 saturated heterocycles. The summed E-state index contributed by atoms with van der Waals surface area (Å²) in [5, 5.41) is 0. The Morgan fingerprint density at radius 1 is 1.33 bits per heavy atom. The summed E-state index contributed by atoms with van der Waals surface area (Å²) in [6, 6.07) is 8.75. The number of rotatable bonds is 3. The molecule has 0 aliphatic rings. The molecule has 0 spiro atoms. The summed E-state index contributed by atoms with van der Waals surface area (Å²) in [5.74, 6) is 0.0746. The highest BCUT2D eigenvalue weighted by Gasteiger charge is 2.15. The number of nitrogens with zero attached hydrogens (tertiary/aromatic N) is 1. The van der Waals surface area contributed by atoms with Gasteiger partial charge in [0, 0.05) is 17.4 Å². The lowest BCUT2D eigenvalue weighted by molar-refractivity contribution is 0.100. The van der Waals surface area contributed by atoms with Crippen LogP contribution in [0.5, 0.6) is 5.75 Å². The van der Waals surface area contributed by atoms with Crippen molar-refractivity contribution < 1.29 is 9.53 Å². The van der Waals surface area contributed by atoms with E-state index in [0.717, 1.165) is 5.56 Å². The minimum Gasteiger partial charge on any atom is -0.497 e. The number of aromatic nitrogens is 1. The van der Waals surface area contributed by atoms with Gasteiger partial charge in [-0.25, -0.2) is 0 Å². The molecule has 0 bridgehead atoms. The maximum Gasteiger partial charge on any atom is 0.253 e. The van der Waals surface area contributed by atoms with Gasteiger partial charge in [0.05, 0.1) is 18.4 Å². The van der Waals surface area contributed by atoms with E-state index in [4.69, 9.17) is 16.2 Å². The summed E-state index contributed by atoms with van der Waals surface area (Å²) < 4.78 is 5.13. The van der Waals surface area contributed by atoms with Crippen LogP contribution in [0.4, 0.5) is 5.69 Å². The molecular formula is C13H13N3O2. The van der Waals surface area contributed by atoms with E-state index in [9.17, 15) is 4.79 Å². The van der Waals surface area contributed by atoms with Crippen molar-refractivity contribution in [2.75, 3.05) is 12.8 Å². The van der Waals surface area contributed by atoms with Gasteiger partial charge in [-0.1, -0.05) is 12.1 Å². The second kappa shape index (κ2) is 4.75. The quantitative estimate of drug-likeness (QED) is 0.853. The van der Waals surface area contributed by atoms with Crippen LogP contribution in [0, 0.1) is 0 Å². The maximum absolute atomic E-state index is 11.4. The number of benzene rings is 1. The third kappa shape index (κ3) is 2.10. The van der Waals surface area contributed by atoms with Crippen molar-refractivity contribution in [1.29, 1.82) is 0 Å². The Kier molecular flexibility index (Phi) is 3.14. The smallest absolute Gasteiger partial charge is 0.253 e. The minimum atomic E-state index is -0.599. The fourth-order valence-electron chi connectivity index (χ4n) is 1.72. The Bertz CT molecular complexity index is 597. The van der Waals surface area contributed by atoms with E-state index in [1.54, 1.807) is 25.3 Å². The molecule has 0 saturated carbocycles. The van der Waals surface area contributed by atoms with Crippen LogP contribution in [-0.4, -0.2) is 18.0 Å². The van der Waals surface area contributed by atoms with Gasteiger partial charge in [-0.05, 0) is 18.2 Å². The molecule has 0 aliphatic carbocycles. The lowest BCUT2D eigenvalue weighted by Crippen LogP contribution is -2.15. The van der Waals surface area contributed by atoms with Crippen LogP contribution < -0.4 is 16.2 Å². The van der Waals surface area contributed by atoms with Gasteiger partial charge in [0.1, 0.15) is 5.75 Å². The molecule has 0 atom stereocenters. The van der Waals surface area contributed by atoms with Crippen LogP contribution in [0.25, 0.3) is 11.3 Å². The highest BCUT2D eigenvalue weighted by Crippen LogP contribution is 2.27. The summed E-state index contributed by atoms with van der Waals surface area (Å²) in [6.07, 6.45) is 1.54. The molecule has 0 aliphatic heterocycles. The van der Waals surface area contributed by atoms with Crippen LogP contribution in [0.3, 0.4) is 0 Å². The Labute approximate surface area is 104 Å². The summed E-state index contributed by atoms with van der Waals surface area (Å²) >= 11 is 0. The number of carbonyl (C=O) groups excluding carboxylic acids is 1. The Balaban J connectivity index is 2.63. The number of carbonyl (C=O) groups is 1. The fourth-order valence-corrected chi connectivity index (χ4v) is 1.72. The third-order valence-corrected chi connectivity index (χ3v) is 2.57. The molecule has 5 nitrogen and oxygen atoms in total. The second-order valence-electron chi connectivity index (χ2n) is 3.72. The SMILES string of the molecule is COc1cccc(-c2nccc(N)c2C(N)=O)c1. The number of anilines is 1. The first-order valence-electron chi connectivity index (χ1n) is 5.32. The number of hydrogen-bond donors (Lipinski definition) is 2. The monoisotopic (exact) mass is 243 g/mol. The van der Waals surface area contributed by atoms with E-state index < -0.39 is 5.91 Å². The van der Waals surface area contributed by atoms with Gasteiger partial charge >= 0.3 is 0 Å². The normalized spacial score (nSPS) is 10.1. The van der Waals surface area contributed by atoms with Crippen LogP contribution in [0.2, 0.25) is 0 Å². The first-order valence-corrected chi connectivity index (χ1v) is 5.32. The Morgan fingerprint density at radius 2 is 2.11 bits per heavy atom. The lowest BCUT2D eigenvalue weighted by Gasteiger charge is -2.09. The number of amides is 1. The largest absolute Gasteiger partial charge is 0.497 e. The van der Waals surface area contributed by atoms with Gasteiger partial charge in [0.25, 0.3) is 5.91 Å². The van der Waals surface area contributed by atoms with Crippen molar-refractivity contribution in [1.82, 2.24) is 4.98 Å². The maximum atomic E-state index is 11.4. The average molecular weight is 243 g/mol. The molecule has 0 unspecified atom stereocenters. The van der Waals surface area contributed by atoms with Gasteiger partial charge < -0.3 is 16.2 Å². The van der Waals surface area contributed by atoms with Gasteiger partial charge in [-0.3, -0.25) is 9.78 Å². The number of hydrogen-bond acceptors (Lipinski definition) is 4. The number of methoxy groups -OCH3 is 1. The van der Waals surface area contributed by atoms with E-state index in [1.165, 1.54) is 6.20 Å². The summed E-state index contributed by atoms with van der Waals surface area (Å²) in [4.78, 5) is 15.6. The molecule has 1 aromatic carbocycles. The topological polar surface area (TPSA) is 91.2 Å². The van der Waals surface area contributed by atoms with Gasteiger partial charge in [-0.2, -0.15) is 0 Å². The van der Waals surface area contributed by atoms with E-state index >= 15 is 0 Å². The number of nitrogens with two attached hydrogens (primary N) is 2. The highest BCUT2D eigenvalue weighted by molar-refractivity contribution is 6.03. The molecule has 5 heteroatoms. The zero-order valence-corrected chi connectivity index (χ0v) is 9.88. The molecule has 4 N–H and O–H groups in total. The van der Waals surface area contributed by atoms with Crippen LogP contribution in [-0.2, 0) is 0 Å². The Hall–Kier alpha value is -2.56. The minimum absolute atomic E-state index is 0.228. The molecule has 2 aromatic rings. The van der Waals surface area contributed by atoms with Gasteiger partial charge in [-0.15, -0.1) is 0 Å². The average Bonchev–Trinajstić information content (AvgIpc) is 2.38. The summed E-state index contributed by atoms with van der Waals surface area (Å²) in [5.41, 5.74) is 12.8. The Morgan fingerprint density at radius 3 is 2.78 bits per heavy atom. The molecule has 1 amide bonds. The molecule has 92 valence electrons. The molecule has 2 rings (SSSR count). The van der Waals surface area contributed by atoms with Crippen molar-refractivity contribution in [2.24, 2.45) is 5.73 Å². The molecule has 1 aromatic heterocycles. The molecular weight excluding hydrogens is 230 g/mol. The van der Waals surface area contributed by atoms with Crippen LogP contribution >= 0.6 is 0 Å². The molecule has 18 heavy (non-hydrogen) atoms. The van der Waals surface area contributed by atoms with Crippen molar-refractivity contribution in [3.8, 4) is 17.0 Å². The number of nitrogen functional groups attached to an aromatic ring is 1. The molecule has 0 radical (unpaired) electrons. The molecule has 1 heterocycles. The predicted molar refractivity (Wildman–Crippen MR) is 69.2 cm³/mol. The van der Waals surface area contributed by atoms with E-state index in [-0.39, 0.29) is 5.56 Å². The highest BCUT2D eigenvalue weighted by atomic mass is 16.5. The zero-order valence-electron chi connectivity index (χ0n) is 9.88. The lowest BCUT2D eigenvalue weighted by atomic mass is 10.0. The third-order valence-electron chi connectivity index (χ3n) is 2.57. The zero-order chi connectivity index (χ0) is 13.1. The summed E-state index contributed by atoms with van der Waals surface area (Å²) in [6.45, 7) is 0. The number of ether oxygens (including phenoxy) is 1. The van der Waals surface area contributed by atoms with Crippen molar-refractivity contribution in [3.05, 3.63) is 42.1 Å². The number of primary amides is 1.